The van der Waals surface area contributed by atoms with E-state index in [1.807, 2.05) is 48.5 Å². The minimum Gasteiger partial charge on any atom is -0.480 e. The van der Waals surface area contributed by atoms with Gasteiger partial charge in [0.15, 0.2) is 0 Å². The van der Waals surface area contributed by atoms with Crippen molar-refractivity contribution in [3.8, 4) is 11.1 Å². The number of likely N-dealkylation sites (tertiary alicyclic amines) is 1. The molecule has 1 heterocycles. The first kappa shape index (κ1) is 23.7. The molecule has 4 rings (SSSR count). The third-order valence-electron chi connectivity index (χ3n) is 6.45. The van der Waals surface area contributed by atoms with Crippen molar-refractivity contribution in [2.45, 2.75) is 36.9 Å². The number of ether oxygens (including phenoxy) is 2. The Hall–Kier alpha value is -3.43. The molecule has 34 heavy (non-hydrogen) atoms. The average Bonchev–Trinajstić information content (AvgIpc) is 3.35. The summed E-state index contributed by atoms with van der Waals surface area (Å²) in [6.45, 7) is 1.18. The molecule has 1 aliphatic carbocycles. The van der Waals surface area contributed by atoms with Gasteiger partial charge in [-0.1, -0.05) is 48.5 Å². The van der Waals surface area contributed by atoms with Gasteiger partial charge in [-0.3, -0.25) is 4.79 Å². The van der Waals surface area contributed by atoms with Gasteiger partial charge in [0.2, 0.25) is 0 Å². The van der Waals surface area contributed by atoms with E-state index >= 15 is 0 Å². The third kappa shape index (κ3) is 4.36. The number of nitrogens with one attached hydrogen (secondary N) is 1. The number of β-amino-alcohol motifs (C(OH)–C–C–N with tert-alkyl or cyclic N) is 1. The number of carbonyl (C=O) groups excluding carboxylic acids is 2. The number of carboxylic acids is 1. The van der Waals surface area contributed by atoms with E-state index in [4.69, 9.17) is 9.47 Å². The first-order chi connectivity index (χ1) is 16.2. The van der Waals surface area contributed by atoms with E-state index in [9.17, 15) is 24.6 Å². The number of amides is 2. The highest BCUT2D eigenvalue weighted by molar-refractivity contribution is 5.93. The van der Waals surface area contributed by atoms with Crippen LogP contribution >= 0.6 is 0 Å². The highest BCUT2D eigenvalue weighted by atomic mass is 16.5. The summed E-state index contributed by atoms with van der Waals surface area (Å²) in [5, 5.41) is 21.9. The van der Waals surface area contributed by atoms with Crippen LogP contribution in [0.3, 0.4) is 0 Å². The first-order valence-corrected chi connectivity index (χ1v) is 11.1. The number of carboxylic acid groups (broad SMARTS) is 1. The number of alkyl carbamates (subject to hydrolysis) is 1. The number of aliphatic carboxylic acids is 1. The zero-order chi connectivity index (χ0) is 24.5. The molecule has 3 N–H and O–H groups in total. The Bertz CT molecular complexity index is 1060. The number of carbonyl (C=O) groups is 3. The van der Waals surface area contributed by atoms with Crippen molar-refractivity contribution in [1.82, 2.24) is 10.2 Å². The van der Waals surface area contributed by atoms with Crippen LogP contribution in [0.2, 0.25) is 0 Å². The number of hydrogen-bond acceptors (Lipinski definition) is 6. The lowest BCUT2D eigenvalue weighted by molar-refractivity contribution is -0.151. The van der Waals surface area contributed by atoms with E-state index in [1.54, 1.807) is 0 Å². The molecule has 3 atom stereocenters. The number of benzene rings is 2. The summed E-state index contributed by atoms with van der Waals surface area (Å²) in [7, 11) is 1.37. The number of methoxy groups -OCH3 is 1. The highest BCUT2D eigenvalue weighted by Crippen LogP contribution is 2.44. The van der Waals surface area contributed by atoms with Gasteiger partial charge in [-0.2, -0.15) is 0 Å². The molecule has 9 nitrogen and oxygen atoms in total. The number of hydrogen-bond donors (Lipinski definition) is 3. The van der Waals surface area contributed by atoms with E-state index < -0.39 is 35.7 Å². The zero-order valence-electron chi connectivity index (χ0n) is 19.1. The van der Waals surface area contributed by atoms with Crippen molar-refractivity contribution in [1.29, 1.82) is 0 Å². The molecule has 0 spiro atoms. The number of fused-ring (bicyclic) bond motifs is 3. The SMILES string of the molecule is COCC(C)(NC(=O)OCC1c2ccccc2-c2ccccc21)C(=O)N1C[C@@H](O)C[C@H]1C(=O)O. The number of rotatable bonds is 7. The van der Waals surface area contributed by atoms with Crippen molar-refractivity contribution >= 4 is 18.0 Å². The minimum absolute atomic E-state index is 0.0668. The summed E-state index contributed by atoms with van der Waals surface area (Å²) >= 11 is 0. The Morgan fingerprint density at radius 3 is 2.24 bits per heavy atom. The molecule has 2 aliphatic rings. The van der Waals surface area contributed by atoms with Gasteiger partial charge in [-0.15, -0.1) is 0 Å². The van der Waals surface area contributed by atoms with Crippen molar-refractivity contribution < 1.29 is 34.1 Å². The molecule has 0 bridgehead atoms. The molecule has 1 aliphatic heterocycles. The standard InChI is InChI=1S/C25H28N2O7/c1-25(14-33-2,23(31)27-12-15(28)11-21(27)22(29)30)26-24(32)34-13-20-18-9-5-3-7-16(18)17-8-4-6-10-19(17)20/h3-10,15,20-21,28H,11-14H2,1-2H3,(H,26,32)(H,29,30)/t15-,21-,25?/m0/s1. The van der Waals surface area contributed by atoms with Gasteiger partial charge < -0.3 is 29.9 Å². The van der Waals surface area contributed by atoms with Gasteiger partial charge in [0, 0.05) is 26.0 Å². The number of aliphatic hydroxyl groups excluding tert-OH is 1. The van der Waals surface area contributed by atoms with Crippen molar-refractivity contribution in [2.75, 3.05) is 26.9 Å². The predicted octanol–water partition coefficient (Wildman–Crippen LogP) is 1.98. The van der Waals surface area contributed by atoms with Crippen molar-refractivity contribution in [3.63, 3.8) is 0 Å². The normalized spacial score (nSPS) is 20.9. The Morgan fingerprint density at radius 2 is 1.68 bits per heavy atom. The minimum atomic E-state index is -1.57. The average molecular weight is 469 g/mol. The summed E-state index contributed by atoms with van der Waals surface area (Å²) < 4.78 is 10.7. The number of aliphatic hydroxyl groups is 1. The summed E-state index contributed by atoms with van der Waals surface area (Å²) in [5.74, 6) is -2.02. The van der Waals surface area contributed by atoms with Gasteiger partial charge in [-0.25, -0.2) is 9.59 Å². The maximum absolute atomic E-state index is 13.2. The maximum atomic E-state index is 13.2. The van der Waals surface area contributed by atoms with Gasteiger partial charge in [0.25, 0.3) is 5.91 Å². The molecular weight excluding hydrogens is 440 g/mol. The third-order valence-corrected chi connectivity index (χ3v) is 6.45. The molecule has 0 aromatic heterocycles. The fraction of sp³-hybridized carbons (Fsp3) is 0.400. The van der Waals surface area contributed by atoms with Gasteiger partial charge in [-0.05, 0) is 29.2 Å². The van der Waals surface area contributed by atoms with Crippen LogP contribution in [0.15, 0.2) is 48.5 Å². The van der Waals surface area contributed by atoms with E-state index in [0.717, 1.165) is 27.2 Å². The smallest absolute Gasteiger partial charge is 0.408 e. The molecule has 180 valence electrons. The summed E-state index contributed by atoms with van der Waals surface area (Å²) in [6, 6.07) is 14.7. The van der Waals surface area contributed by atoms with Crippen LogP contribution < -0.4 is 5.32 Å². The van der Waals surface area contributed by atoms with E-state index in [-0.39, 0.29) is 32.1 Å². The van der Waals surface area contributed by atoms with Crippen LogP contribution in [0.25, 0.3) is 11.1 Å². The van der Waals surface area contributed by atoms with Crippen LogP contribution in [-0.2, 0) is 19.1 Å². The van der Waals surface area contributed by atoms with Crippen LogP contribution in [-0.4, -0.2) is 77.6 Å². The Balaban J connectivity index is 1.48. The molecule has 9 heteroatoms. The molecule has 1 fully saturated rings. The van der Waals surface area contributed by atoms with Crippen LogP contribution in [0.5, 0.6) is 0 Å². The molecule has 0 saturated carbocycles. The summed E-state index contributed by atoms with van der Waals surface area (Å²) in [6.07, 6.45) is -1.84. The molecule has 2 aromatic rings. The summed E-state index contributed by atoms with van der Waals surface area (Å²) in [5.41, 5.74) is 2.73. The monoisotopic (exact) mass is 468 g/mol. The summed E-state index contributed by atoms with van der Waals surface area (Å²) in [4.78, 5) is 38.7. The van der Waals surface area contributed by atoms with E-state index in [0.29, 0.717) is 0 Å². The molecule has 1 saturated heterocycles. The second-order valence-electron chi connectivity index (χ2n) is 8.92. The topological polar surface area (TPSA) is 125 Å². The molecule has 2 amide bonds. The lowest BCUT2D eigenvalue weighted by Gasteiger charge is -2.34. The Morgan fingerprint density at radius 1 is 1.09 bits per heavy atom. The molecule has 2 aromatic carbocycles. The second-order valence-corrected chi connectivity index (χ2v) is 8.92. The first-order valence-electron chi connectivity index (χ1n) is 11.1. The quantitative estimate of drug-likeness (QED) is 0.567. The fourth-order valence-corrected chi connectivity index (χ4v) is 4.89. The lowest BCUT2D eigenvalue weighted by Crippen LogP contribution is -2.62. The van der Waals surface area contributed by atoms with Gasteiger partial charge in [0.1, 0.15) is 18.2 Å². The largest absolute Gasteiger partial charge is 0.480 e. The number of nitrogens with zero attached hydrogens (tertiary/aromatic N) is 1. The molecule has 0 radical (unpaired) electrons. The lowest BCUT2D eigenvalue weighted by atomic mass is 9.98. The van der Waals surface area contributed by atoms with Gasteiger partial charge in [0.05, 0.1) is 12.7 Å². The highest BCUT2D eigenvalue weighted by Gasteiger charge is 2.47. The van der Waals surface area contributed by atoms with Gasteiger partial charge >= 0.3 is 12.1 Å². The molecular formula is C25H28N2O7. The fourth-order valence-electron chi connectivity index (χ4n) is 4.89. The van der Waals surface area contributed by atoms with E-state index in [2.05, 4.69) is 5.32 Å². The molecule has 1 unspecified atom stereocenters. The Kier molecular flexibility index (Phi) is 6.58. The zero-order valence-corrected chi connectivity index (χ0v) is 19.1. The van der Waals surface area contributed by atoms with Crippen LogP contribution in [0, 0.1) is 0 Å². The predicted molar refractivity (Wildman–Crippen MR) is 122 cm³/mol. The van der Waals surface area contributed by atoms with Crippen molar-refractivity contribution in [3.05, 3.63) is 59.7 Å². The maximum Gasteiger partial charge on any atom is 0.408 e. The van der Waals surface area contributed by atoms with E-state index in [1.165, 1.54) is 14.0 Å². The van der Waals surface area contributed by atoms with Crippen LogP contribution in [0.4, 0.5) is 4.79 Å². The Labute approximate surface area is 197 Å². The van der Waals surface area contributed by atoms with Crippen molar-refractivity contribution in [2.24, 2.45) is 0 Å². The van der Waals surface area contributed by atoms with Crippen LogP contribution in [0.1, 0.15) is 30.4 Å². The second kappa shape index (κ2) is 9.44.